The monoisotopic (exact) mass is 194 g/mol. The molecule has 0 spiro atoms. The molecule has 4 N–H and O–H groups in total. The summed E-state index contributed by atoms with van der Waals surface area (Å²) in [5.41, 5.74) is 6.60. The van der Waals surface area contributed by atoms with Gasteiger partial charge in [-0.3, -0.25) is 4.99 Å². The molecular weight excluding hydrogens is 180 g/mol. The summed E-state index contributed by atoms with van der Waals surface area (Å²) in [6.07, 6.45) is 1.74. The molecule has 0 aliphatic carbocycles. The maximum atomic E-state index is 8.51. The number of aliphatic imine (C=N–C) groups is 1. The summed E-state index contributed by atoms with van der Waals surface area (Å²) < 4.78 is 0. The maximum absolute atomic E-state index is 8.51. The van der Waals surface area contributed by atoms with Gasteiger partial charge in [-0.2, -0.15) is 0 Å². The molecule has 0 aromatic carbocycles. The van der Waals surface area contributed by atoms with Gasteiger partial charge in [-0.05, 0) is 18.6 Å². The molecule has 0 unspecified atom stereocenters. The number of hydrogen-bond acceptors (Lipinski definition) is 3. The van der Waals surface area contributed by atoms with E-state index in [0.717, 1.165) is 5.56 Å². The Morgan fingerprint density at radius 3 is 3.00 bits per heavy atom. The van der Waals surface area contributed by atoms with E-state index in [1.807, 2.05) is 19.1 Å². The second-order valence-electron chi connectivity index (χ2n) is 2.84. The van der Waals surface area contributed by atoms with E-state index in [4.69, 9.17) is 10.8 Å². The Morgan fingerprint density at radius 2 is 2.43 bits per heavy atom. The van der Waals surface area contributed by atoms with Crippen LogP contribution in [0.4, 0.5) is 5.82 Å². The minimum absolute atomic E-state index is 0.0102. The van der Waals surface area contributed by atoms with Crippen molar-refractivity contribution in [3.05, 3.63) is 23.9 Å². The number of nitrogens with zero attached hydrogens (tertiary/aromatic N) is 2. The lowest BCUT2D eigenvalue weighted by Gasteiger charge is -2.03. The average molecular weight is 194 g/mol. The third-order valence-electron chi connectivity index (χ3n) is 1.55. The van der Waals surface area contributed by atoms with Crippen molar-refractivity contribution < 1.29 is 5.11 Å². The number of nitrogens with two attached hydrogens (primary N) is 1. The van der Waals surface area contributed by atoms with E-state index >= 15 is 0 Å². The van der Waals surface area contributed by atoms with Crippen molar-refractivity contribution in [1.82, 2.24) is 4.98 Å². The number of aryl methyl sites for hydroxylation is 1. The van der Waals surface area contributed by atoms with E-state index < -0.39 is 0 Å². The molecule has 14 heavy (non-hydrogen) atoms. The van der Waals surface area contributed by atoms with Gasteiger partial charge in [-0.25, -0.2) is 4.98 Å². The van der Waals surface area contributed by atoms with Gasteiger partial charge in [0.25, 0.3) is 0 Å². The molecule has 1 aromatic rings. The standard InChI is InChI=1S/C9H14N4O/c1-7-2-3-8(12-6-7)13-9(10)11-4-5-14/h2-3,6,14H,4-5H2,1H3,(H3,10,11,12,13). The van der Waals surface area contributed by atoms with Crippen LogP contribution in [0.2, 0.25) is 0 Å². The van der Waals surface area contributed by atoms with Crippen LogP contribution >= 0.6 is 0 Å². The van der Waals surface area contributed by atoms with E-state index in [2.05, 4.69) is 15.3 Å². The molecule has 1 heterocycles. The number of guanidine groups is 1. The minimum atomic E-state index is -0.0102. The minimum Gasteiger partial charge on any atom is -0.394 e. The van der Waals surface area contributed by atoms with E-state index in [-0.39, 0.29) is 12.6 Å². The number of aromatic nitrogens is 1. The van der Waals surface area contributed by atoms with Crippen LogP contribution in [0.15, 0.2) is 23.3 Å². The van der Waals surface area contributed by atoms with Crippen molar-refractivity contribution in [2.45, 2.75) is 6.92 Å². The fourth-order valence-corrected chi connectivity index (χ4v) is 0.883. The zero-order valence-electron chi connectivity index (χ0n) is 8.07. The average Bonchev–Trinajstić information content (AvgIpc) is 2.18. The number of nitrogens with one attached hydrogen (secondary N) is 1. The predicted octanol–water partition coefficient (Wildman–Crippen LogP) is 0.109. The van der Waals surface area contributed by atoms with Crippen molar-refractivity contribution in [1.29, 1.82) is 0 Å². The van der Waals surface area contributed by atoms with Crippen molar-refractivity contribution in [3.63, 3.8) is 0 Å². The van der Waals surface area contributed by atoms with Crippen molar-refractivity contribution in [2.24, 2.45) is 10.7 Å². The Kier molecular flexibility index (Phi) is 3.87. The van der Waals surface area contributed by atoms with Crippen LogP contribution in [0.1, 0.15) is 5.56 Å². The second kappa shape index (κ2) is 5.18. The molecule has 5 heteroatoms. The Bertz CT molecular complexity index is 307. The SMILES string of the molecule is Cc1ccc(NC(N)=NCCO)nc1. The van der Waals surface area contributed by atoms with Crippen LogP contribution in [0.5, 0.6) is 0 Å². The van der Waals surface area contributed by atoms with Crippen LogP contribution in [-0.2, 0) is 0 Å². The highest BCUT2D eigenvalue weighted by Gasteiger charge is 1.94. The number of anilines is 1. The molecular formula is C9H14N4O. The van der Waals surface area contributed by atoms with Crippen LogP contribution in [-0.4, -0.2) is 29.2 Å². The molecule has 5 nitrogen and oxygen atoms in total. The molecule has 0 bridgehead atoms. The van der Waals surface area contributed by atoms with Crippen LogP contribution in [0.25, 0.3) is 0 Å². The Labute approximate surface area is 82.7 Å². The third-order valence-corrected chi connectivity index (χ3v) is 1.55. The quantitative estimate of drug-likeness (QED) is 0.471. The normalized spacial score (nSPS) is 11.4. The highest BCUT2D eigenvalue weighted by molar-refractivity contribution is 5.91. The summed E-state index contributed by atoms with van der Waals surface area (Å²) in [4.78, 5) is 7.95. The van der Waals surface area contributed by atoms with Crippen molar-refractivity contribution in [3.8, 4) is 0 Å². The van der Waals surface area contributed by atoms with Crippen LogP contribution in [0, 0.1) is 6.92 Å². The number of rotatable bonds is 3. The fourth-order valence-electron chi connectivity index (χ4n) is 0.883. The lowest BCUT2D eigenvalue weighted by atomic mass is 10.3. The van der Waals surface area contributed by atoms with Gasteiger partial charge in [-0.15, -0.1) is 0 Å². The number of aliphatic hydroxyl groups excluding tert-OH is 1. The summed E-state index contributed by atoms with van der Waals surface area (Å²) in [6, 6.07) is 3.74. The van der Waals surface area contributed by atoms with Crippen LogP contribution in [0.3, 0.4) is 0 Å². The lowest BCUT2D eigenvalue weighted by molar-refractivity contribution is 0.307. The largest absolute Gasteiger partial charge is 0.394 e. The summed E-state index contributed by atoms with van der Waals surface area (Å²) in [7, 11) is 0. The summed E-state index contributed by atoms with van der Waals surface area (Å²) >= 11 is 0. The predicted molar refractivity (Wildman–Crippen MR) is 56.2 cm³/mol. The molecule has 0 aliphatic rings. The van der Waals surface area contributed by atoms with Gasteiger partial charge >= 0.3 is 0 Å². The highest BCUT2D eigenvalue weighted by Crippen LogP contribution is 2.02. The molecule has 0 amide bonds. The summed E-state index contributed by atoms with van der Waals surface area (Å²) in [6.45, 7) is 2.24. The van der Waals surface area contributed by atoms with Gasteiger partial charge in [0.05, 0.1) is 13.2 Å². The molecule has 0 atom stereocenters. The van der Waals surface area contributed by atoms with E-state index in [9.17, 15) is 0 Å². The Balaban J connectivity index is 2.56. The molecule has 1 aromatic heterocycles. The maximum Gasteiger partial charge on any atom is 0.194 e. The molecule has 0 saturated heterocycles. The molecule has 0 fully saturated rings. The van der Waals surface area contributed by atoms with Gasteiger partial charge in [0, 0.05) is 6.20 Å². The zero-order chi connectivity index (χ0) is 10.4. The van der Waals surface area contributed by atoms with Gasteiger partial charge in [0.2, 0.25) is 0 Å². The fraction of sp³-hybridized carbons (Fsp3) is 0.333. The zero-order valence-corrected chi connectivity index (χ0v) is 8.07. The first-order valence-corrected chi connectivity index (χ1v) is 4.33. The Hall–Kier alpha value is -1.62. The van der Waals surface area contributed by atoms with Gasteiger partial charge in [-0.1, -0.05) is 6.07 Å². The summed E-state index contributed by atoms with van der Waals surface area (Å²) in [5.74, 6) is 0.908. The lowest BCUT2D eigenvalue weighted by Crippen LogP contribution is -2.23. The van der Waals surface area contributed by atoms with Gasteiger partial charge in [0.15, 0.2) is 5.96 Å². The third kappa shape index (κ3) is 3.40. The number of aliphatic hydroxyl groups is 1. The van der Waals surface area contributed by atoms with Gasteiger partial charge in [0.1, 0.15) is 5.82 Å². The second-order valence-corrected chi connectivity index (χ2v) is 2.84. The first-order valence-electron chi connectivity index (χ1n) is 4.33. The topological polar surface area (TPSA) is 83.5 Å². The molecule has 0 saturated carbocycles. The first kappa shape index (κ1) is 10.5. The smallest absolute Gasteiger partial charge is 0.194 e. The number of hydrogen-bond donors (Lipinski definition) is 3. The van der Waals surface area contributed by atoms with E-state index in [1.165, 1.54) is 0 Å². The molecule has 0 radical (unpaired) electrons. The number of pyridine rings is 1. The summed E-state index contributed by atoms with van der Waals surface area (Å²) in [5, 5.41) is 11.3. The Morgan fingerprint density at radius 1 is 1.64 bits per heavy atom. The molecule has 0 aliphatic heterocycles. The molecule has 76 valence electrons. The van der Waals surface area contributed by atoms with E-state index in [0.29, 0.717) is 12.4 Å². The van der Waals surface area contributed by atoms with Gasteiger partial charge < -0.3 is 16.2 Å². The van der Waals surface area contributed by atoms with Crippen LogP contribution < -0.4 is 11.1 Å². The van der Waals surface area contributed by atoms with E-state index in [1.54, 1.807) is 6.20 Å². The molecule has 1 rings (SSSR count). The van der Waals surface area contributed by atoms with Crippen molar-refractivity contribution in [2.75, 3.05) is 18.5 Å². The first-order chi connectivity index (χ1) is 6.72. The van der Waals surface area contributed by atoms with Crippen molar-refractivity contribution >= 4 is 11.8 Å². The highest BCUT2D eigenvalue weighted by atomic mass is 16.3.